The molecule has 0 aliphatic rings. The number of benzene rings is 2. The molecule has 0 radical (unpaired) electrons. The van der Waals surface area contributed by atoms with Gasteiger partial charge in [0.15, 0.2) is 9.84 Å². The number of hydrogen-bond donors (Lipinski definition) is 2. The second kappa shape index (κ2) is 10.9. The van der Waals surface area contributed by atoms with Gasteiger partial charge >= 0.3 is 0 Å². The molecule has 0 aliphatic heterocycles. The van der Waals surface area contributed by atoms with E-state index in [0.717, 1.165) is 34.5 Å². The van der Waals surface area contributed by atoms with E-state index >= 15 is 0 Å². The summed E-state index contributed by atoms with van der Waals surface area (Å²) in [5, 5.41) is 9.25. The van der Waals surface area contributed by atoms with Gasteiger partial charge in [-0.05, 0) is 67.1 Å². The Hall–Kier alpha value is -3.66. The van der Waals surface area contributed by atoms with E-state index in [2.05, 4.69) is 9.97 Å². The number of aromatic nitrogens is 2. The number of aromatic amines is 1. The molecule has 2 aromatic carbocycles. The smallest absolute Gasteiger partial charge is 0.175 e. The van der Waals surface area contributed by atoms with Gasteiger partial charge in [-0.2, -0.15) is 0 Å². The van der Waals surface area contributed by atoms with E-state index < -0.39 is 9.84 Å². The van der Waals surface area contributed by atoms with Crippen LogP contribution in [0, 0.1) is 0 Å². The van der Waals surface area contributed by atoms with E-state index in [0.29, 0.717) is 23.9 Å². The number of nitrogens with zero attached hydrogens (tertiary/aromatic N) is 1. The highest BCUT2D eigenvalue weighted by molar-refractivity contribution is 7.90. The van der Waals surface area contributed by atoms with Crippen LogP contribution in [-0.2, 0) is 21.2 Å². The number of sulfone groups is 1. The lowest BCUT2D eigenvalue weighted by molar-refractivity contribution is 0.0920. The lowest BCUT2D eigenvalue weighted by Gasteiger charge is -2.16. The fraction of sp³-hybridized carbons (Fsp3) is 0.222. The summed E-state index contributed by atoms with van der Waals surface area (Å²) in [6.07, 6.45) is 2.63. The molecule has 2 aromatic heterocycles. The maximum absolute atomic E-state index is 11.8. The second-order valence-corrected chi connectivity index (χ2v) is 10.4. The zero-order valence-corrected chi connectivity index (χ0v) is 21.1. The van der Waals surface area contributed by atoms with Gasteiger partial charge in [-0.25, -0.2) is 8.42 Å². The molecule has 0 bridgehead atoms. The van der Waals surface area contributed by atoms with Crippen LogP contribution >= 0.6 is 0 Å². The molecule has 1 atom stereocenters. The van der Waals surface area contributed by atoms with E-state index in [1.54, 1.807) is 31.5 Å². The first kappa shape index (κ1) is 25.4. The zero-order chi connectivity index (χ0) is 25.7. The molecule has 0 spiro atoms. The monoisotopic (exact) mass is 508 g/mol. The van der Waals surface area contributed by atoms with Crippen LogP contribution in [0.3, 0.4) is 0 Å². The number of ether oxygens (including phenoxy) is 3. The Morgan fingerprint density at radius 2 is 1.67 bits per heavy atom. The van der Waals surface area contributed by atoms with Crippen LogP contribution in [0.4, 0.5) is 0 Å². The van der Waals surface area contributed by atoms with Crippen molar-refractivity contribution in [3.05, 3.63) is 78.5 Å². The standard InChI is InChI=1S/C27H28N2O6S/c1-18(17-33-2)34-22-12-20(25-10-11-27(29-25)26-9-4-19(16-30)15-28-26)13-23(14-22)35-21-5-7-24(8-6-21)36(3,31)32/h4-15,18,29-30H,16-17H2,1-3H3/t18-/m0/s1. The van der Waals surface area contributed by atoms with Crippen LogP contribution in [0.2, 0.25) is 0 Å². The fourth-order valence-electron chi connectivity index (χ4n) is 3.64. The maximum Gasteiger partial charge on any atom is 0.175 e. The van der Waals surface area contributed by atoms with Crippen LogP contribution in [-0.4, -0.2) is 49.6 Å². The topological polar surface area (TPSA) is 111 Å². The number of pyridine rings is 1. The highest BCUT2D eigenvalue weighted by Crippen LogP contribution is 2.34. The van der Waals surface area contributed by atoms with Crippen LogP contribution < -0.4 is 9.47 Å². The minimum Gasteiger partial charge on any atom is -0.488 e. The lowest BCUT2D eigenvalue weighted by Crippen LogP contribution is -2.17. The van der Waals surface area contributed by atoms with Crippen molar-refractivity contribution in [2.45, 2.75) is 24.5 Å². The average molecular weight is 509 g/mol. The van der Waals surface area contributed by atoms with E-state index in [1.807, 2.05) is 43.3 Å². The first-order valence-electron chi connectivity index (χ1n) is 11.3. The highest BCUT2D eigenvalue weighted by Gasteiger charge is 2.13. The molecule has 8 nitrogen and oxygen atoms in total. The quantitative estimate of drug-likeness (QED) is 0.315. The predicted molar refractivity (Wildman–Crippen MR) is 137 cm³/mol. The third kappa shape index (κ3) is 6.31. The Kier molecular flexibility index (Phi) is 7.73. The molecular formula is C27H28N2O6S. The normalized spacial score (nSPS) is 12.3. The molecule has 9 heteroatoms. The molecule has 0 unspecified atom stereocenters. The minimum atomic E-state index is -3.29. The molecule has 0 saturated heterocycles. The van der Waals surface area contributed by atoms with Crippen molar-refractivity contribution in [1.82, 2.24) is 9.97 Å². The van der Waals surface area contributed by atoms with Crippen LogP contribution in [0.15, 0.2) is 77.8 Å². The Morgan fingerprint density at radius 1 is 0.944 bits per heavy atom. The highest BCUT2D eigenvalue weighted by atomic mass is 32.2. The summed E-state index contributed by atoms with van der Waals surface area (Å²) in [7, 11) is -1.68. The average Bonchev–Trinajstić information content (AvgIpc) is 3.34. The molecule has 4 rings (SSSR count). The molecule has 188 valence electrons. The van der Waals surface area contributed by atoms with Crippen molar-refractivity contribution in [3.8, 4) is 39.9 Å². The number of rotatable bonds is 10. The van der Waals surface area contributed by atoms with Crippen molar-refractivity contribution in [1.29, 1.82) is 0 Å². The van der Waals surface area contributed by atoms with Gasteiger partial charge in [0.05, 0.1) is 29.5 Å². The predicted octanol–water partition coefficient (Wildman–Crippen LogP) is 4.85. The van der Waals surface area contributed by atoms with E-state index in [1.165, 1.54) is 12.1 Å². The van der Waals surface area contributed by atoms with Gasteiger partial charge in [-0.15, -0.1) is 0 Å². The van der Waals surface area contributed by atoms with Gasteiger partial charge in [-0.1, -0.05) is 6.07 Å². The van der Waals surface area contributed by atoms with Gasteiger partial charge in [0.25, 0.3) is 0 Å². The maximum atomic E-state index is 11.8. The summed E-state index contributed by atoms with van der Waals surface area (Å²) in [5.74, 6) is 1.62. The van der Waals surface area contributed by atoms with Gasteiger partial charge in [0.2, 0.25) is 0 Å². The number of aliphatic hydroxyl groups is 1. The van der Waals surface area contributed by atoms with Gasteiger partial charge in [-0.3, -0.25) is 4.98 Å². The number of nitrogens with one attached hydrogen (secondary N) is 1. The third-order valence-electron chi connectivity index (χ3n) is 5.39. The second-order valence-electron chi connectivity index (χ2n) is 8.42. The Balaban J connectivity index is 1.65. The number of methoxy groups -OCH3 is 1. The largest absolute Gasteiger partial charge is 0.488 e. The summed E-state index contributed by atoms with van der Waals surface area (Å²) >= 11 is 0. The number of hydrogen-bond acceptors (Lipinski definition) is 7. The number of H-pyrrole nitrogens is 1. The lowest BCUT2D eigenvalue weighted by atomic mass is 10.1. The SMILES string of the molecule is COC[C@H](C)Oc1cc(Oc2ccc(S(C)(=O)=O)cc2)cc(-c2ccc(-c3ccc(CO)cn3)[nH]2)c1. The molecule has 0 amide bonds. The molecule has 4 aromatic rings. The minimum absolute atomic E-state index is 0.0582. The molecule has 2 heterocycles. The first-order valence-corrected chi connectivity index (χ1v) is 13.2. The molecule has 0 saturated carbocycles. The van der Waals surface area contributed by atoms with E-state index in [4.69, 9.17) is 14.2 Å². The summed E-state index contributed by atoms with van der Waals surface area (Å²) in [4.78, 5) is 8.00. The van der Waals surface area contributed by atoms with Crippen molar-refractivity contribution >= 4 is 9.84 Å². The van der Waals surface area contributed by atoms with Gasteiger partial charge in [0.1, 0.15) is 23.4 Å². The van der Waals surface area contributed by atoms with Crippen LogP contribution in [0.5, 0.6) is 17.2 Å². The molecular weight excluding hydrogens is 480 g/mol. The Bertz CT molecular complexity index is 1410. The summed E-state index contributed by atoms with van der Waals surface area (Å²) < 4.78 is 40.8. The Labute approximate surface area is 210 Å². The molecule has 36 heavy (non-hydrogen) atoms. The van der Waals surface area contributed by atoms with Gasteiger partial charge in [0, 0.05) is 36.9 Å². The molecule has 0 aliphatic carbocycles. The van der Waals surface area contributed by atoms with E-state index in [-0.39, 0.29) is 17.6 Å². The van der Waals surface area contributed by atoms with Gasteiger partial charge < -0.3 is 24.3 Å². The summed E-state index contributed by atoms with van der Waals surface area (Å²) in [6, 6.07) is 19.4. The van der Waals surface area contributed by atoms with Crippen LogP contribution in [0.25, 0.3) is 22.6 Å². The van der Waals surface area contributed by atoms with Crippen molar-refractivity contribution in [2.24, 2.45) is 0 Å². The summed E-state index contributed by atoms with van der Waals surface area (Å²) in [6.45, 7) is 2.28. The van der Waals surface area contributed by atoms with E-state index in [9.17, 15) is 13.5 Å². The number of aliphatic hydroxyl groups excluding tert-OH is 1. The van der Waals surface area contributed by atoms with Crippen LogP contribution in [0.1, 0.15) is 12.5 Å². The van der Waals surface area contributed by atoms with Crippen molar-refractivity contribution < 1.29 is 27.7 Å². The van der Waals surface area contributed by atoms with Crippen molar-refractivity contribution in [3.63, 3.8) is 0 Å². The van der Waals surface area contributed by atoms with Crippen molar-refractivity contribution in [2.75, 3.05) is 20.0 Å². The molecule has 2 N–H and O–H groups in total. The first-order chi connectivity index (χ1) is 17.2. The zero-order valence-electron chi connectivity index (χ0n) is 20.3. The fourth-order valence-corrected chi connectivity index (χ4v) is 4.27. The Morgan fingerprint density at radius 3 is 2.31 bits per heavy atom. The molecule has 0 fully saturated rings. The summed E-state index contributed by atoms with van der Waals surface area (Å²) in [5.41, 5.74) is 3.99. The third-order valence-corrected chi connectivity index (χ3v) is 6.52.